The van der Waals surface area contributed by atoms with E-state index in [9.17, 15) is 9.59 Å². The van der Waals surface area contributed by atoms with Crippen LogP contribution in [0.1, 0.15) is 18.5 Å². The molecule has 104 valence electrons. The maximum atomic E-state index is 12.4. The molecule has 0 spiro atoms. The second kappa shape index (κ2) is 5.22. The lowest BCUT2D eigenvalue weighted by atomic mass is 10.1. The molecule has 1 amide bonds. The summed E-state index contributed by atoms with van der Waals surface area (Å²) in [5.74, 6) is -0.983. The summed E-state index contributed by atoms with van der Waals surface area (Å²) in [4.78, 5) is 24.9. The molecule has 2 heterocycles. The zero-order valence-electron chi connectivity index (χ0n) is 10.7. The topological polar surface area (TPSA) is 101 Å². The molecule has 1 fully saturated rings. The lowest BCUT2D eigenvalue weighted by Gasteiger charge is -2.27. The minimum absolute atomic E-state index is 0.184. The average Bonchev–Trinajstić information content (AvgIpc) is 2.93. The number of aromatic nitrogens is 2. The predicted octanol–water partition coefficient (Wildman–Crippen LogP) is -0.205. The number of carboxylic acids is 1. The highest BCUT2D eigenvalue weighted by atomic mass is 32.2. The number of carboxylic acid groups (broad SMARTS) is 1. The first-order valence-electron chi connectivity index (χ1n) is 5.82. The summed E-state index contributed by atoms with van der Waals surface area (Å²) < 4.78 is 1.55. The second-order valence-corrected chi connectivity index (χ2v) is 5.81. The summed E-state index contributed by atoms with van der Waals surface area (Å²) in [5, 5.41) is 12.9. The largest absolute Gasteiger partial charge is 0.480 e. The summed E-state index contributed by atoms with van der Waals surface area (Å²) in [6.07, 6.45) is 3.18. The SMILES string of the molecule is CC1SCC(C(=O)O)N1C(=O)C(N)c1cnn(C)c1. The number of nitrogens with zero attached hydrogens (tertiary/aromatic N) is 3. The van der Waals surface area contributed by atoms with Crippen molar-refractivity contribution in [1.82, 2.24) is 14.7 Å². The second-order valence-electron chi connectivity index (χ2n) is 4.46. The van der Waals surface area contributed by atoms with Gasteiger partial charge < -0.3 is 15.7 Å². The van der Waals surface area contributed by atoms with E-state index in [0.717, 1.165) is 0 Å². The molecule has 7 nitrogen and oxygen atoms in total. The van der Waals surface area contributed by atoms with Crippen LogP contribution < -0.4 is 5.73 Å². The standard InChI is InChI=1S/C11H16N4O3S/c1-6-15(8(5-19-6)11(17)18)10(16)9(12)7-3-13-14(2)4-7/h3-4,6,8-9H,5,12H2,1-2H3,(H,17,18). The molecule has 0 saturated carbocycles. The van der Waals surface area contributed by atoms with Crippen LogP contribution in [-0.4, -0.2) is 48.8 Å². The first kappa shape index (κ1) is 13.9. The lowest BCUT2D eigenvalue weighted by molar-refractivity contribution is -0.149. The fourth-order valence-corrected chi connectivity index (χ4v) is 3.25. The molecule has 3 N–H and O–H groups in total. The molecule has 2 rings (SSSR count). The minimum atomic E-state index is -0.997. The van der Waals surface area contributed by atoms with Crippen molar-refractivity contribution in [1.29, 1.82) is 0 Å². The molecule has 19 heavy (non-hydrogen) atoms. The Hall–Kier alpha value is -1.54. The summed E-state index contributed by atoms with van der Waals surface area (Å²) in [6.45, 7) is 1.81. The first-order valence-corrected chi connectivity index (χ1v) is 6.87. The molecular formula is C11H16N4O3S. The van der Waals surface area contributed by atoms with E-state index in [1.54, 1.807) is 17.9 Å². The van der Waals surface area contributed by atoms with Gasteiger partial charge in [0.1, 0.15) is 12.1 Å². The molecule has 3 unspecified atom stereocenters. The first-order chi connectivity index (χ1) is 8.91. The van der Waals surface area contributed by atoms with Gasteiger partial charge in [-0.05, 0) is 6.92 Å². The van der Waals surface area contributed by atoms with Crippen LogP contribution in [-0.2, 0) is 16.6 Å². The Balaban J connectivity index is 2.20. The van der Waals surface area contributed by atoms with Gasteiger partial charge in [0.15, 0.2) is 0 Å². The number of hydrogen-bond donors (Lipinski definition) is 2. The lowest BCUT2D eigenvalue weighted by Crippen LogP contribution is -2.48. The van der Waals surface area contributed by atoms with E-state index in [1.807, 2.05) is 6.92 Å². The molecule has 8 heteroatoms. The van der Waals surface area contributed by atoms with Gasteiger partial charge in [0, 0.05) is 24.6 Å². The summed E-state index contributed by atoms with van der Waals surface area (Å²) in [7, 11) is 1.73. The number of aliphatic carboxylic acids is 1. The van der Waals surface area contributed by atoms with Crippen molar-refractivity contribution in [2.75, 3.05) is 5.75 Å². The van der Waals surface area contributed by atoms with Gasteiger partial charge in [-0.15, -0.1) is 11.8 Å². The van der Waals surface area contributed by atoms with Crippen LogP contribution >= 0.6 is 11.8 Å². The maximum Gasteiger partial charge on any atom is 0.327 e. The number of carbonyl (C=O) groups is 2. The van der Waals surface area contributed by atoms with Gasteiger partial charge in [0.2, 0.25) is 5.91 Å². The van der Waals surface area contributed by atoms with Crippen molar-refractivity contribution in [3.8, 4) is 0 Å². The Morgan fingerprint density at radius 3 is 2.84 bits per heavy atom. The molecule has 1 aliphatic heterocycles. The van der Waals surface area contributed by atoms with Gasteiger partial charge in [0.05, 0.1) is 11.6 Å². The molecule has 1 saturated heterocycles. The van der Waals surface area contributed by atoms with E-state index in [0.29, 0.717) is 11.3 Å². The molecule has 0 bridgehead atoms. The van der Waals surface area contributed by atoms with E-state index in [4.69, 9.17) is 10.8 Å². The van der Waals surface area contributed by atoms with Crippen molar-refractivity contribution < 1.29 is 14.7 Å². The number of rotatable bonds is 3. The van der Waals surface area contributed by atoms with Crippen LogP contribution in [0.25, 0.3) is 0 Å². The number of amides is 1. The molecule has 0 radical (unpaired) electrons. The normalized spacial score (nSPS) is 24.5. The van der Waals surface area contributed by atoms with Crippen molar-refractivity contribution in [2.45, 2.75) is 24.4 Å². The Morgan fingerprint density at radius 2 is 2.32 bits per heavy atom. The highest BCUT2D eigenvalue weighted by Gasteiger charge is 2.41. The van der Waals surface area contributed by atoms with Gasteiger partial charge in [-0.3, -0.25) is 9.48 Å². The zero-order chi connectivity index (χ0) is 14.2. The highest BCUT2D eigenvalue weighted by Crippen LogP contribution is 2.31. The summed E-state index contributed by atoms with van der Waals surface area (Å²) in [5.41, 5.74) is 6.49. The van der Waals surface area contributed by atoms with Gasteiger partial charge in [-0.25, -0.2) is 4.79 Å². The van der Waals surface area contributed by atoms with Gasteiger partial charge >= 0.3 is 5.97 Å². The third-order valence-electron chi connectivity index (χ3n) is 3.11. The number of aryl methyl sites for hydroxylation is 1. The number of nitrogens with two attached hydrogens (primary N) is 1. The molecule has 3 atom stereocenters. The number of carbonyl (C=O) groups excluding carboxylic acids is 1. The van der Waals surface area contributed by atoms with E-state index in [2.05, 4.69) is 5.10 Å². The smallest absolute Gasteiger partial charge is 0.327 e. The Morgan fingerprint density at radius 1 is 1.63 bits per heavy atom. The average molecular weight is 284 g/mol. The fourth-order valence-electron chi connectivity index (χ4n) is 2.07. The number of thioether (sulfide) groups is 1. The third kappa shape index (κ3) is 2.59. The molecule has 1 aliphatic rings. The number of hydrogen-bond acceptors (Lipinski definition) is 5. The van der Waals surface area contributed by atoms with E-state index in [1.165, 1.54) is 22.9 Å². The maximum absolute atomic E-state index is 12.4. The van der Waals surface area contributed by atoms with Crippen LogP contribution in [0.5, 0.6) is 0 Å². The quantitative estimate of drug-likeness (QED) is 0.796. The van der Waals surface area contributed by atoms with Crippen LogP contribution in [0, 0.1) is 0 Å². The molecule has 1 aromatic heterocycles. The van der Waals surface area contributed by atoms with E-state index >= 15 is 0 Å². The monoisotopic (exact) mass is 284 g/mol. The van der Waals surface area contributed by atoms with Crippen LogP contribution in [0.4, 0.5) is 0 Å². The molecule has 1 aromatic rings. The zero-order valence-corrected chi connectivity index (χ0v) is 11.5. The summed E-state index contributed by atoms with van der Waals surface area (Å²) in [6, 6.07) is -1.69. The Bertz CT molecular complexity index is 504. The fraction of sp³-hybridized carbons (Fsp3) is 0.545. The van der Waals surface area contributed by atoms with Gasteiger partial charge in [-0.2, -0.15) is 5.10 Å². The van der Waals surface area contributed by atoms with Crippen LogP contribution in [0.15, 0.2) is 12.4 Å². The van der Waals surface area contributed by atoms with E-state index < -0.39 is 18.1 Å². The van der Waals surface area contributed by atoms with Gasteiger partial charge in [-0.1, -0.05) is 0 Å². The molecule has 0 aromatic carbocycles. The van der Waals surface area contributed by atoms with Crippen molar-refractivity contribution in [3.63, 3.8) is 0 Å². The Labute approximate surface area is 114 Å². The summed E-state index contributed by atoms with van der Waals surface area (Å²) >= 11 is 1.44. The van der Waals surface area contributed by atoms with E-state index in [-0.39, 0.29) is 11.3 Å². The van der Waals surface area contributed by atoms with Crippen molar-refractivity contribution in [2.24, 2.45) is 12.8 Å². The Kier molecular flexibility index (Phi) is 3.81. The molecular weight excluding hydrogens is 268 g/mol. The third-order valence-corrected chi connectivity index (χ3v) is 4.33. The molecule has 0 aliphatic carbocycles. The van der Waals surface area contributed by atoms with Gasteiger partial charge in [0.25, 0.3) is 0 Å². The van der Waals surface area contributed by atoms with Crippen molar-refractivity contribution >= 4 is 23.6 Å². The van der Waals surface area contributed by atoms with Crippen LogP contribution in [0.3, 0.4) is 0 Å². The highest BCUT2D eigenvalue weighted by molar-refractivity contribution is 8.00. The predicted molar refractivity (Wildman–Crippen MR) is 70.3 cm³/mol. The van der Waals surface area contributed by atoms with Crippen LogP contribution in [0.2, 0.25) is 0 Å². The minimum Gasteiger partial charge on any atom is -0.480 e. The van der Waals surface area contributed by atoms with Crippen molar-refractivity contribution in [3.05, 3.63) is 18.0 Å².